The van der Waals surface area contributed by atoms with Gasteiger partial charge in [0, 0.05) is 17.3 Å². The highest BCUT2D eigenvalue weighted by Crippen LogP contribution is 2.24. The fourth-order valence-corrected chi connectivity index (χ4v) is 2.49. The number of carboxylic acid groups (broad SMARTS) is 1. The fraction of sp³-hybridized carbons (Fsp3) is 0.429. The Bertz CT molecular complexity index is 487. The van der Waals surface area contributed by atoms with Crippen LogP contribution in [0.5, 0.6) is 0 Å². The number of hydrogen-bond acceptors (Lipinski definition) is 3. The molecule has 0 saturated heterocycles. The second kappa shape index (κ2) is 5.73. The zero-order chi connectivity index (χ0) is 13.8. The van der Waals surface area contributed by atoms with Gasteiger partial charge in [0.15, 0.2) is 0 Å². The number of carboxylic acids is 1. The van der Waals surface area contributed by atoms with Gasteiger partial charge in [-0.2, -0.15) is 0 Å². The molecular weight excluding hydrogens is 244 g/mol. The summed E-state index contributed by atoms with van der Waals surface area (Å²) in [7, 11) is 0. The monoisotopic (exact) mass is 262 g/mol. The number of rotatable bonds is 3. The van der Waals surface area contributed by atoms with Crippen molar-refractivity contribution in [3.05, 3.63) is 29.8 Å². The van der Waals surface area contributed by atoms with Crippen molar-refractivity contribution in [3.63, 3.8) is 0 Å². The molecule has 1 aromatic carbocycles. The fourth-order valence-electron chi connectivity index (χ4n) is 2.49. The molecule has 5 nitrogen and oxygen atoms in total. The molecule has 1 amide bonds. The van der Waals surface area contributed by atoms with Crippen LogP contribution in [0.2, 0.25) is 0 Å². The third-order valence-corrected chi connectivity index (χ3v) is 3.51. The lowest BCUT2D eigenvalue weighted by molar-refractivity contribution is -0.143. The largest absolute Gasteiger partial charge is 0.481 e. The maximum absolute atomic E-state index is 12.0. The molecule has 0 spiro atoms. The van der Waals surface area contributed by atoms with Crippen molar-refractivity contribution in [2.24, 2.45) is 5.92 Å². The standard InChI is InChI=1S/C14H18N2O3/c15-11-5-1-3-9(7-11)13(17)16-12-6-2-4-10(8-12)14(18)19/h1,3,5,7,10,12H,2,4,6,8,15H2,(H,16,17)(H,18,19). The van der Waals surface area contributed by atoms with Crippen LogP contribution in [0.1, 0.15) is 36.0 Å². The van der Waals surface area contributed by atoms with Crippen LogP contribution >= 0.6 is 0 Å². The molecule has 0 heterocycles. The van der Waals surface area contributed by atoms with Gasteiger partial charge in [-0.15, -0.1) is 0 Å². The summed E-state index contributed by atoms with van der Waals surface area (Å²) in [5.41, 5.74) is 6.69. The van der Waals surface area contributed by atoms with Gasteiger partial charge in [-0.25, -0.2) is 0 Å². The van der Waals surface area contributed by atoms with Crippen LogP contribution in [-0.4, -0.2) is 23.0 Å². The zero-order valence-corrected chi connectivity index (χ0v) is 10.6. The first kappa shape index (κ1) is 13.4. The van der Waals surface area contributed by atoms with E-state index < -0.39 is 5.97 Å². The second-order valence-corrected chi connectivity index (χ2v) is 5.00. The number of anilines is 1. The van der Waals surface area contributed by atoms with Crippen LogP contribution in [0.25, 0.3) is 0 Å². The number of nitrogens with one attached hydrogen (secondary N) is 1. The lowest BCUT2D eigenvalue weighted by atomic mass is 9.85. The van der Waals surface area contributed by atoms with Crippen molar-refractivity contribution >= 4 is 17.6 Å². The molecule has 1 aliphatic rings. The minimum atomic E-state index is -0.775. The van der Waals surface area contributed by atoms with E-state index in [-0.39, 0.29) is 17.9 Å². The Morgan fingerprint density at radius 2 is 2.11 bits per heavy atom. The molecule has 102 valence electrons. The van der Waals surface area contributed by atoms with E-state index in [4.69, 9.17) is 10.8 Å². The summed E-state index contributed by atoms with van der Waals surface area (Å²) in [6.45, 7) is 0. The minimum absolute atomic E-state index is 0.0659. The Balaban J connectivity index is 1.97. The third-order valence-electron chi connectivity index (χ3n) is 3.51. The Hall–Kier alpha value is -2.04. The summed E-state index contributed by atoms with van der Waals surface area (Å²) in [5, 5.41) is 11.9. The number of nitrogens with two attached hydrogens (primary N) is 1. The summed E-state index contributed by atoms with van der Waals surface area (Å²) >= 11 is 0. The minimum Gasteiger partial charge on any atom is -0.481 e. The van der Waals surface area contributed by atoms with Gasteiger partial charge in [0.05, 0.1) is 5.92 Å². The first-order chi connectivity index (χ1) is 9.06. The SMILES string of the molecule is Nc1cccc(C(=O)NC2CCCC(C(=O)O)C2)c1. The number of nitrogen functional groups attached to an aromatic ring is 1. The molecule has 0 bridgehead atoms. The normalized spacial score (nSPS) is 22.7. The van der Waals surface area contributed by atoms with E-state index in [1.807, 2.05) is 0 Å². The molecule has 1 fully saturated rings. The molecular formula is C14H18N2O3. The van der Waals surface area contributed by atoms with E-state index in [1.54, 1.807) is 24.3 Å². The van der Waals surface area contributed by atoms with Crippen LogP contribution in [-0.2, 0) is 4.79 Å². The molecule has 2 atom stereocenters. The van der Waals surface area contributed by atoms with Gasteiger partial charge in [0.1, 0.15) is 0 Å². The maximum Gasteiger partial charge on any atom is 0.306 e. The molecule has 0 aromatic heterocycles. The van der Waals surface area contributed by atoms with Crippen LogP contribution in [0.3, 0.4) is 0 Å². The van der Waals surface area contributed by atoms with E-state index in [0.717, 1.165) is 12.8 Å². The Kier molecular flexibility index (Phi) is 4.04. The number of carbonyl (C=O) groups is 2. The highest BCUT2D eigenvalue weighted by molar-refractivity contribution is 5.95. The lowest BCUT2D eigenvalue weighted by Crippen LogP contribution is -2.39. The highest BCUT2D eigenvalue weighted by atomic mass is 16.4. The second-order valence-electron chi connectivity index (χ2n) is 5.00. The Morgan fingerprint density at radius 1 is 1.32 bits per heavy atom. The molecule has 2 unspecified atom stereocenters. The molecule has 1 saturated carbocycles. The molecule has 2 rings (SSSR count). The van der Waals surface area contributed by atoms with Gasteiger partial charge in [-0.3, -0.25) is 9.59 Å². The Labute approximate surface area is 111 Å². The molecule has 19 heavy (non-hydrogen) atoms. The van der Waals surface area contributed by atoms with Gasteiger partial charge in [0.25, 0.3) is 5.91 Å². The van der Waals surface area contributed by atoms with Crippen molar-refractivity contribution in [2.75, 3.05) is 5.73 Å². The van der Waals surface area contributed by atoms with Crippen LogP contribution < -0.4 is 11.1 Å². The van der Waals surface area contributed by atoms with Crippen molar-refractivity contribution < 1.29 is 14.7 Å². The predicted molar refractivity (Wildman–Crippen MR) is 71.7 cm³/mol. The van der Waals surface area contributed by atoms with Crippen LogP contribution in [0, 0.1) is 5.92 Å². The number of carbonyl (C=O) groups excluding carboxylic acids is 1. The molecule has 4 N–H and O–H groups in total. The van der Waals surface area contributed by atoms with Crippen molar-refractivity contribution in [2.45, 2.75) is 31.7 Å². The zero-order valence-electron chi connectivity index (χ0n) is 10.6. The van der Waals surface area contributed by atoms with E-state index >= 15 is 0 Å². The van der Waals surface area contributed by atoms with Gasteiger partial charge in [-0.1, -0.05) is 12.5 Å². The average Bonchev–Trinajstić information content (AvgIpc) is 2.39. The van der Waals surface area contributed by atoms with Gasteiger partial charge < -0.3 is 16.2 Å². The highest BCUT2D eigenvalue weighted by Gasteiger charge is 2.27. The van der Waals surface area contributed by atoms with Gasteiger partial charge in [0.2, 0.25) is 0 Å². The smallest absolute Gasteiger partial charge is 0.306 e. The van der Waals surface area contributed by atoms with Crippen molar-refractivity contribution in [1.82, 2.24) is 5.32 Å². The van der Waals surface area contributed by atoms with E-state index in [9.17, 15) is 9.59 Å². The Morgan fingerprint density at radius 3 is 2.79 bits per heavy atom. The van der Waals surface area contributed by atoms with E-state index in [0.29, 0.717) is 24.1 Å². The van der Waals surface area contributed by atoms with Gasteiger partial charge in [-0.05, 0) is 37.5 Å². The number of aliphatic carboxylic acids is 1. The summed E-state index contributed by atoms with van der Waals surface area (Å²) in [6.07, 6.45) is 2.86. The van der Waals surface area contributed by atoms with Crippen LogP contribution in [0.15, 0.2) is 24.3 Å². The van der Waals surface area contributed by atoms with E-state index in [1.165, 1.54) is 0 Å². The van der Waals surface area contributed by atoms with Crippen molar-refractivity contribution in [1.29, 1.82) is 0 Å². The number of benzene rings is 1. The first-order valence-corrected chi connectivity index (χ1v) is 6.45. The number of amides is 1. The summed E-state index contributed by atoms with van der Waals surface area (Å²) in [6, 6.07) is 6.70. The molecule has 0 aliphatic heterocycles. The topological polar surface area (TPSA) is 92.4 Å². The maximum atomic E-state index is 12.0. The molecule has 1 aliphatic carbocycles. The van der Waals surface area contributed by atoms with Gasteiger partial charge >= 0.3 is 5.97 Å². The molecule has 0 radical (unpaired) electrons. The van der Waals surface area contributed by atoms with Crippen LogP contribution in [0.4, 0.5) is 5.69 Å². The first-order valence-electron chi connectivity index (χ1n) is 6.45. The summed E-state index contributed by atoms with van der Waals surface area (Å²) in [5.74, 6) is -1.31. The summed E-state index contributed by atoms with van der Waals surface area (Å²) < 4.78 is 0. The molecule has 1 aromatic rings. The third kappa shape index (κ3) is 3.47. The lowest BCUT2D eigenvalue weighted by Gasteiger charge is -2.27. The quantitative estimate of drug-likeness (QED) is 0.722. The molecule has 5 heteroatoms. The van der Waals surface area contributed by atoms with E-state index in [2.05, 4.69) is 5.32 Å². The number of hydrogen-bond donors (Lipinski definition) is 3. The van der Waals surface area contributed by atoms with Crippen molar-refractivity contribution in [3.8, 4) is 0 Å². The predicted octanol–water partition coefficient (Wildman–Crippen LogP) is 1.64. The average molecular weight is 262 g/mol. The summed E-state index contributed by atoms with van der Waals surface area (Å²) in [4.78, 5) is 23.0.